The summed E-state index contributed by atoms with van der Waals surface area (Å²) in [5.41, 5.74) is 8.41. The van der Waals surface area contributed by atoms with Crippen LogP contribution in [0.4, 0.5) is 0 Å². The third-order valence-electron chi connectivity index (χ3n) is 4.68. The molecule has 26 heavy (non-hydrogen) atoms. The molecule has 3 N–H and O–H groups in total. The van der Waals surface area contributed by atoms with E-state index in [1.165, 1.54) is 5.56 Å². The highest BCUT2D eigenvalue weighted by atomic mass is 32.1. The molecule has 0 radical (unpaired) electrons. The van der Waals surface area contributed by atoms with Crippen LogP contribution in [0.15, 0.2) is 35.8 Å². The van der Waals surface area contributed by atoms with Gasteiger partial charge < -0.3 is 5.11 Å². The molecule has 132 valence electrons. The van der Waals surface area contributed by atoms with Crippen molar-refractivity contribution in [3.63, 3.8) is 0 Å². The summed E-state index contributed by atoms with van der Waals surface area (Å²) in [5.74, 6) is 0.602. The lowest BCUT2D eigenvalue weighted by Gasteiger charge is -2.14. The van der Waals surface area contributed by atoms with Crippen molar-refractivity contribution in [1.29, 1.82) is 0 Å². The Hall–Kier alpha value is -2.44. The Bertz CT molecular complexity index is 1170. The fourth-order valence-electron chi connectivity index (χ4n) is 3.44. The first-order chi connectivity index (χ1) is 12.5. The number of phenols is 1. The maximum Gasteiger partial charge on any atom is 0.127 e. The van der Waals surface area contributed by atoms with Crippen LogP contribution in [-0.2, 0) is 0 Å². The molecule has 6 heteroatoms. The van der Waals surface area contributed by atoms with E-state index in [2.05, 4.69) is 41.2 Å². The van der Waals surface area contributed by atoms with Crippen molar-refractivity contribution in [3.8, 4) is 28.1 Å². The van der Waals surface area contributed by atoms with Crippen LogP contribution >= 0.6 is 23.6 Å². The number of aromatic hydroxyl groups is 1. The first-order valence-electron chi connectivity index (χ1n) is 8.44. The Morgan fingerprint density at radius 1 is 1.15 bits per heavy atom. The molecular weight excluding hydrogens is 362 g/mol. The molecule has 0 saturated carbocycles. The Balaban J connectivity index is 2.01. The number of nitrogens with one attached hydrogen (secondary N) is 2. The molecule has 4 rings (SSSR count). The minimum absolute atomic E-state index is 0.240. The number of aromatic amines is 2. The number of aryl methyl sites for hydroxylation is 1. The third-order valence-corrected chi connectivity index (χ3v) is 5.78. The van der Waals surface area contributed by atoms with E-state index in [9.17, 15) is 5.11 Å². The quantitative estimate of drug-likeness (QED) is 0.373. The highest BCUT2D eigenvalue weighted by Gasteiger charge is 2.19. The Morgan fingerprint density at radius 3 is 2.73 bits per heavy atom. The monoisotopic (exact) mass is 381 g/mol. The van der Waals surface area contributed by atoms with E-state index in [1.54, 1.807) is 11.3 Å². The number of para-hydroxylation sites is 1. The van der Waals surface area contributed by atoms with E-state index in [1.807, 2.05) is 30.6 Å². The Morgan fingerprint density at radius 2 is 1.96 bits per heavy atom. The molecule has 0 bridgehead atoms. The summed E-state index contributed by atoms with van der Waals surface area (Å²) < 4.78 is 1.71. The van der Waals surface area contributed by atoms with Gasteiger partial charge in [0.2, 0.25) is 0 Å². The number of phenolic OH excluding ortho intramolecular Hbond substituents is 1. The van der Waals surface area contributed by atoms with Crippen molar-refractivity contribution in [2.75, 3.05) is 0 Å². The van der Waals surface area contributed by atoms with E-state index < -0.39 is 0 Å². The topological polar surface area (TPSA) is 64.7 Å². The van der Waals surface area contributed by atoms with Gasteiger partial charge in [0.1, 0.15) is 10.4 Å². The summed E-state index contributed by atoms with van der Waals surface area (Å²) in [6.07, 6.45) is 0. The zero-order valence-electron chi connectivity index (χ0n) is 14.8. The van der Waals surface area contributed by atoms with Crippen LogP contribution in [0, 0.1) is 11.6 Å². The normalized spacial score (nSPS) is 11.5. The molecule has 0 atom stereocenters. The van der Waals surface area contributed by atoms with Crippen molar-refractivity contribution >= 4 is 33.8 Å². The number of hydrogen-bond donors (Lipinski definition) is 3. The van der Waals surface area contributed by atoms with Gasteiger partial charge in [0.15, 0.2) is 0 Å². The van der Waals surface area contributed by atoms with Crippen LogP contribution in [0.1, 0.15) is 30.9 Å². The van der Waals surface area contributed by atoms with Crippen molar-refractivity contribution < 1.29 is 5.11 Å². The third kappa shape index (κ3) is 2.66. The summed E-state index contributed by atoms with van der Waals surface area (Å²) >= 11 is 7.16. The number of nitrogens with zero attached hydrogens (tertiary/aromatic N) is 1. The fraction of sp³-hybridized carbons (Fsp3) is 0.200. The van der Waals surface area contributed by atoms with Crippen molar-refractivity contribution in [3.05, 3.63) is 51.6 Å². The van der Waals surface area contributed by atoms with Crippen molar-refractivity contribution in [1.82, 2.24) is 15.2 Å². The molecule has 2 aromatic carbocycles. The van der Waals surface area contributed by atoms with Crippen LogP contribution in [0.25, 0.3) is 32.6 Å². The molecule has 4 aromatic rings. The van der Waals surface area contributed by atoms with E-state index in [0.29, 0.717) is 10.6 Å². The molecule has 0 aliphatic heterocycles. The maximum atomic E-state index is 10.6. The van der Waals surface area contributed by atoms with E-state index >= 15 is 0 Å². The van der Waals surface area contributed by atoms with Gasteiger partial charge in [-0.3, -0.25) is 10.2 Å². The lowest BCUT2D eigenvalue weighted by Crippen LogP contribution is -1.94. The van der Waals surface area contributed by atoms with Crippen LogP contribution in [0.2, 0.25) is 0 Å². The van der Waals surface area contributed by atoms with Gasteiger partial charge in [-0.15, -0.1) is 11.3 Å². The lowest BCUT2D eigenvalue weighted by atomic mass is 9.92. The average molecular weight is 382 g/mol. The lowest BCUT2D eigenvalue weighted by molar-refractivity contribution is 0.476. The average Bonchev–Trinajstić information content (AvgIpc) is 3.21. The molecule has 0 amide bonds. The van der Waals surface area contributed by atoms with Crippen LogP contribution in [-0.4, -0.2) is 20.3 Å². The SMILES string of the molecule is Cc1cc(O)c(-c2[nH][nH]c(=S)c2-c2cccc3scnc23)cc1C(C)C. The predicted octanol–water partition coefficient (Wildman–Crippen LogP) is 6.15. The second kappa shape index (κ2) is 6.37. The molecule has 2 aromatic heterocycles. The summed E-state index contributed by atoms with van der Waals surface area (Å²) in [5, 5.41) is 16.8. The van der Waals surface area contributed by atoms with Gasteiger partial charge in [0.05, 0.1) is 21.4 Å². The minimum Gasteiger partial charge on any atom is -0.507 e. The number of aromatic nitrogens is 3. The van der Waals surface area contributed by atoms with Crippen LogP contribution in [0.5, 0.6) is 5.75 Å². The number of H-pyrrole nitrogens is 2. The van der Waals surface area contributed by atoms with Gasteiger partial charge in [-0.05, 0) is 42.2 Å². The summed E-state index contributed by atoms with van der Waals surface area (Å²) in [6, 6.07) is 9.95. The number of fused-ring (bicyclic) bond motifs is 1. The van der Waals surface area contributed by atoms with Gasteiger partial charge in [0.25, 0.3) is 0 Å². The smallest absolute Gasteiger partial charge is 0.127 e. The maximum absolute atomic E-state index is 10.6. The second-order valence-electron chi connectivity index (χ2n) is 6.71. The molecular formula is C20H19N3OS2. The number of thiazole rings is 1. The minimum atomic E-state index is 0.240. The van der Waals surface area contributed by atoms with E-state index in [0.717, 1.165) is 38.2 Å². The molecule has 0 unspecified atom stereocenters. The largest absolute Gasteiger partial charge is 0.507 e. The van der Waals surface area contributed by atoms with Gasteiger partial charge in [-0.2, -0.15) is 0 Å². The van der Waals surface area contributed by atoms with Crippen LogP contribution < -0.4 is 0 Å². The zero-order chi connectivity index (χ0) is 18.4. The Kier molecular flexibility index (Phi) is 4.17. The fourth-order valence-corrected chi connectivity index (χ4v) is 4.40. The van der Waals surface area contributed by atoms with Gasteiger partial charge in [0, 0.05) is 16.7 Å². The van der Waals surface area contributed by atoms with Crippen LogP contribution in [0.3, 0.4) is 0 Å². The van der Waals surface area contributed by atoms with E-state index in [4.69, 9.17) is 12.2 Å². The molecule has 4 nitrogen and oxygen atoms in total. The zero-order valence-corrected chi connectivity index (χ0v) is 16.4. The molecule has 0 spiro atoms. The second-order valence-corrected chi connectivity index (χ2v) is 8.01. The van der Waals surface area contributed by atoms with Crippen molar-refractivity contribution in [2.45, 2.75) is 26.7 Å². The Labute approximate surface area is 160 Å². The number of rotatable bonds is 3. The predicted molar refractivity (Wildman–Crippen MR) is 111 cm³/mol. The van der Waals surface area contributed by atoms with Gasteiger partial charge in [-0.1, -0.05) is 38.2 Å². The number of benzene rings is 2. The summed E-state index contributed by atoms with van der Waals surface area (Å²) in [6.45, 7) is 6.33. The standard InChI is InChI=1S/C20H19N3OS2/c1-10(2)13-8-14(15(24)7-11(13)3)19-17(20(25)23-22-19)12-5-4-6-16-18(12)21-9-26-16/h4-10,24H,1-3H3,(H2,22,23,25). The molecule has 2 heterocycles. The highest BCUT2D eigenvalue weighted by Crippen LogP contribution is 2.40. The summed E-state index contributed by atoms with van der Waals surface area (Å²) in [4.78, 5) is 4.51. The van der Waals surface area contributed by atoms with E-state index in [-0.39, 0.29) is 5.75 Å². The first kappa shape index (κ1) is 17.0. The molecule has 0 fully saturated rings. The molecule has 0 aliphatic rings. The molecule has 0 saturated heterocycles. The van der Waals surface area contributed by atoms with Gasteiger partial charge in [-0.25, -0.2) is 4.98 Å². The first-order valence-corrected chi connectivity index (χ1v) is 9.73. The summed E-state index contributed by atoms with van der Waals surface area (Å²) in [7, 11) is 0. The molecule has 0 aliphatic carbocycles. The highest BCUT2D eigenvalue weighted by molar-refractivity contribution is 7.71. The van der Waals surface area contributed by atoms with Crippen molar-refractivity contribution in [2.24, 2.45) is 0 Å². The number of hydrogen-bond acceptors (Lipinski definition) is 4. The van der Waals surface area contributed by atoms with Gasteiger partial charge >= 0.3 is 0 Å².